The van der Waals surface area contributed by atoms with Crippen LogP contribution < -0.4 is 10.6 Å². The van der Waals surface area contributed by atoms with E-state index in [-0.39, 0.29) is 24.0 Å². The molecular formula is C18H21ClIN3. The summed E-state index contributed by atoms with van der Waals surface area (Å²) < 4.78 is 0. The average Bonchev–Trinajstić information content (AvgIpc) is 2.53. The molecule has 3 nitrogen and oxygen atoms in total. The third kappa shape index (κ3) is 4.61. The van der Waals surface area contributed by atoms with Gasteiger partial charge in [0.2, 0.25) is 0 Å². The first-order chi connectivity index (χ1) is 10.8. The summed E-state index contributed by atoms with van der Waals surface area (Å²) in [6, 6.07) is 16.5. The number of rotatable bonds is 4. The molecule has 0 aromatic heterocycles. The van der Waals surface area contributed by atoms with Gasteiger partial charge in [0.25, 0.3) is 0 Å². The number of nitrogens with one attached hydrogen (secondary N) is 2. The lowest BCUT2D eigenvalue weighted by molar-refractivity contribution is 0.584. The van der Waals surface area contributed by atoms with Crippen LogP contribution in [0.2, 0.25) is 5.02 Å². The topological polar surface area (TPSA) is 36.4 Å². The zero-order valence-electron chi connectivity index (χ0n) is 13.1. The van der Waals surface area contributed by atoms with Crippen LogP contribution in [0.1, 0.15) is 22.6 Å². The molecule has 2 N–H and O–H groups in total. The van der Waals surface area contributed by atoms with Gasteiger partial charge in [0.05, 0.1) is 0 Å². The first-order valence-electron chi connectivity index (χ1n) is 7.53. The van der Waals surface area contributed by atoms with Crippen molar-refractivity contribution in [2.45, 2.75) is 18.9 Å². The zero-order chi connectivity index (χ0) is 15.4. The molecule has 23 heavy (non-hydrogen) atoms. The van der Waals surface area contributed by atoms with Crippen LogP contribution in [0.4, 0.5) is 0 Å². The number of guanidine groups is 1. The smallest absolute Gasteiger partial charge is 0.191 e. The molecule has 0 saturated heterocycles. The third-order valence-corrected chi connectivity index (χ3v) is 4.33. The lowest BCUT2D eigenvalue weighted by Crippen LogP contribution is -2.40. The first kappa shape index (κ1) is 18.1. The highest BCUT2D eigenvalue weighted by Gasteiger charge is 2.25. The Morgan fingerprint density at radius 1 is 1.13 bits per heavy atom. The summed E-state index contributed by atoms with van der Waals surface area (Å²) in [4.78, 5) is 4.28. The van der Waals surface area contributed by atoms with E-state index in [2.05, 4.69) is 39.9 Å². The van der Waals surface area contributed by atoms with Crippen molar-refractivity contribution in [3.63, 3.8) is 0 Å². The fraction of sp³-hybridized carbons (Fsp3) is 0.278. The van der Waals surface area contributed by atoms with Gasteiger partial charge in [-0.2, -0.15) is 0 Å². The van der Waals surface area contributed by atoms with E-state index in [1.54, 1.807) is 7.05 Å². The van der Waals surface area contributed by atoms with Crippen LogP contribution in [0.5, 0.6) is 0 Å². The fourth-order valence-corrected chi connectivity index (χ4v) is 2.90. The number of hydrogen-bond acceptors (Lipinski definition) is 1. The Kier molecular flexibility index (Phi) is 6.72. The Bertz CT molecular complexity index is 670. The highest BCUT2D eigenvalue weighted by molar-refractivity contribution is 14.0. The van der Waals surface area contributed by atoms with Crippen molar-refractivity contribution >= 4 is 41.5 Å². The van der Waals surface area contributed by atoms with Crippen LogP contribution in [-0.4, -0.2) is 19.6 Å². The Labute approximate surface area is 159 Å². The van der Waals surface area contributed by atoms with Crippen LogP contribution in [0.25, 0.3) is 0 Å². The number of nitrogens with zero attached hydrogens (tertiary/aromatic N) is 1. The van der Waals surface area contributed by atoms with Gasteiger partial charge in [-0.05, 0) is 35.2 Å². The Hall–Kier alpha value is -1.27. The maximum Gasteiger partial charge on any atom is 0.191 e. The maximum atomic E-state index is 5.89. The average molecular weight is 442 g/mol. The quantitative estimate of drug-likeness (QED) is 0.428. The molecule has 0 saturated carbocycles. The molecule has 2 aromatic carbocycles. The minimum Gasteiger partial charge on any atom is -0.356 e. The number of halogens is 2. The lowest BCUT2D eigenvalue weighted by atomic mass is 9.78. The molecule has 0 aliphatic heterocycles. The number of fused-ring (bicyclic) bond motifs is 1. The molecule has 0 amide bonds. The SMILES string of the molecule is CN=C(NCc1ccc(Cl)cc1)NCC1Cc2ccccc21.I. The van der Waals surface area contributed by atoms with Gasteiger partial charge in [0, 0.05) is 31.1 Å². The predicted octanol–water partition coefficient (Wildman–Crippen LogP) is 3.96. The molecule has 122 valence electrons. The molecule has 0 bridgehead atoms. The van der Waals surface area contributed by atoms with E-state index in [1.165, 1.54) is 16.7 Å². The fourth-order valence-electron chi connectivity index (χ4n) is 2.77. The molecule has 2 aromatic rings. The summed E-state index contributed by atoms with van der Waals surface area (Å²) in [6.07, 6.45) is 1.15. The molecule has 1 atom stereocenters. The summed E-state index contributed by atoms with van der Waals surface area (Å²) in [5.41, 5.74) is 4.11. The van der Waals surface area contributed by atoms with E-state index in [4.69, 9.17) is 11.6 Å². The highest BCUT2D eigenvalue weighted by atomic mass is 127. The second kappa shape index (κ2) is 8.55. The minimum absolute atomic E-state index is 0. The highest BCUT2D eigenvalue weighted by Crippen LogP contribution is 2.33. The maximum absolute atomic E-state index is 5.89. The predicted molar refractivity (Wildman–Crippen MR) is 108 cm³/mol. The van der Waals surface area contributed by atoms with Crippen molar-refractivity contribution < 1.29 is 0 Å². The van der Waals surface area contributed by atoms with E-state index in [9.17, 15) is 0 Å². The molecule has 0 fully saturated rings. The minimum atomic E-state index is 0. The summed E-state index contributed by atoms with van der Waals surface area (Å²) in [7, 11) is 1.80. The summed E-state index contributed by atoms with van der Waals surface area (Å²) in [5.74, 6) is 1.42. The van der Waals surface area contributed by atoms with Gasteiger partial charge >= 0.3 is 0 Å². The van der Waals surface area contributed by atoms with Crippen molar-refractivity contribution in [2.24, 2.45) is 4.99 Å². The normalized spacial score (nSPS) is 15.9. The van der Waals surface area contributed by atoms with Crippen LogP contribution >= 0.6 is 35.6 Å². The largest absolute Gasteiger partial charge is 0.356 e. The van der Waals surface area contributed by atoms with Crippen LogP contribution in [-0.2, 0) is 13.0 Å². The van der Waals surface area contributed by atoms with Gasteiger partial charge in [0.1, 0.15) is 0 Å². The van der Waals surface area contributed by atoms with Gasteiger partial charge in [-0.15, -0.1) is 24.0 Å². The zero-order valence-corrected chi connectivity index (χ0v) is 16.1. The van der Waals surface area contributed by atoms with Crippen LogP contribution in [0.3, 0.4) is 0 Å². The Balaban J connectivity index is 0.00000192. The van der Waals surface area contributed by atoms with E-state index < -0.39 is 0 Å². The van der Waals surface area contributed by atoms with Crippen molar-refractivity contribution in [1.29, 1.82) is 0 Å². The molecule has 1 aliphatic rings. The third-order valence-electron chi connectivity index (χ3n) is 4.07. The van der Waals surface area contributed by atoms with Crippen LogP contribution in [0, 0.1) is 0 Å². The van der Waals surface area contributed by atoms with E-state index >= 15 is 0 Å². The van der Waals surface area contributed by atoms with Gasteiger partial charge in [-0.1, -0.05) is 48.0 Å². The van der Waals surface area contributed by atoms with E-state index in [0.717, 1.165) is 30.5 Å². The molecular weight excluding hydrogens is 421 g/mol. The number of aliphatic imine (C=N–C) groups is 1. The van der Waals surface area contributed by atoms with Crippen molar-refractivity contribution in [2.75, 3.05) is 13.6 Å². The Morgan fingerprint density at radius 3 is 2.57 bits per heavy atom. The molecule has 0 spiro atoms. The van der Waals surface area contributed by atoms with Crippen LogP contribution in [0.15, 0.2) is 53.5 Å². The van der Waals surface area contributed by atoms with Crippen molar-refractivity contribution in [3.8, 4) is 0 Å². The lowest BCUT2D eigenvalue weighted by Gasteiger charge is -2.30. The molecule has 3 rings (SSSR count). The summed E-state index contributed by atoms with van der Waals surface area (Å²) >= 11 is 5.89. The monoisotopic (exact) mass is 441 g/mol. The van der Waals surface area contributed by atoms with Gasteiger partial charge in [0.15, 0.2) is 5.96 Å². The second-order valence-electron chi connectivity index (χ2n) is 5.53. The van der Waals surface area contributed by atoms with E-state index in [0.29, 0.717) is 5.92 Å². The molecule has 0 radical (unpaired) electrons. The van der Waals surface area contributed by atoms with Crippen molar-refractivity contribution in [3.05, 3.63) is 70.2 Å². The van der Waals surface area contributed by atoms with Gasteiger partial charge < -0.3 is 10.6 Å². The van der Waals surface area contributed by atoms with E-state index in [1.807, 2.05) is 24.3 Å². The standard InChI is InChI=1S/C18H20ClN3.HI/c1-20-18(21-11-13-6-8-16(19)9-7-13)22-12-15-10-14-4-2-3-5-17(14)15;/h2-9,15H,10-12H2,1H3,(H2,20,21,22);1H. The molecule has 0 heterocycles. The number of hydrogen-bond donors (Lipinski definition) is 2. The summed E-state index contributed by atoms with van der Waals surface area (Å²) in [6.45, 7) is 1.65. The molecule has 1 unspecified atom stereocenters. The number of benzene rings is 2. The summed E-state index contributed by atoms with van der Waals surface area (Å²) in [5, 5.41) is 7.49. The Morgan fingerprint density at radius 2 is 1.87 bits per heavy atom. The van der Waals surface area contributed by atoms with Crippen molar-refractivity contribution in [1.82, 2.24) is 10.6 Å². The molecule has 1 aliphatic carbocycles. The van der Waals surface area contributed by atoms with Gasteiger partial charge in [-0.3, -0.25) is 4.99 Å². The van der Waals surface area contributed by atoms with Gasteiger partial charge in [-0.25, -0.2) is 0 Å². The molecule has 5 heteroatoms. The second-order valence-corrected chi connectivity index (χ2v) is 5.97. The first-order valence-corrected chi connectivity index (χ1v) is 7.91.